The van der Waals surface area contributed by atoms with E-state index in [0.29, 0.717) is 17.5 Å². The summed E-state index contributed by atoms with van der Waals surface area (Å²) in [6, 6.07) is 14.6. The van der Waals surface area contributed by atoms with Crippen LogP contribution >= 0.6 is 0 Å². The maximum atomic E-state index is 13.5. The number of carboxylic acids is 1. The van der Waals surface area contributed by atoms with Gasteiger partial charge in [0.25, 0.3) is 11.8 Å². The van der Waals surface area contributed by atoms with Crippen LogP contribution < -0.4 is 5.32 Å². The first kappa shape index (κ1) is 22.3. The Kier molecular flexibility index (Phi) is 6.53. The first-order chi connectivity index (χ1) is 16.0. The minimum absolute atomic E-state index is 0.117. The maximum absolute atomic E-state index is 13.5. The molecule has 4 rings (SSSR count). The van der Waals surface area contributed by atoms with Crippen LogP contribution in [-0.2, 0) is 9.59 Å². The number of carboxylic acid groups (broad SMARTS) is 1. The summed E-state index contributed by atoms with van der Waals surface area (Å²) in [7, 11) is 0. The van der Waals surface area contributed by atoms with Gasteiger partial charge in [0.1, 0.15) is 12.1 Å². The Labute approximate surface area is 191 Å². The number of fused-ring (bicyclic) bond motifs is 1. The third kappa shape index (κ3) is 4.79. The third-order valence-electron chi connectivity index (χ3n) is 5.99. The Bertz CT molecular complexity index is 1070. The van der Waals surface area contributed by atoms with Crippen molar-refractivity contribution in [2.75, 3.05) is 13.1 Å². The molecule has 2 aliphatic rings. The third-order valence-corrected chi connectivity index (χ3v) is 5.99. The second-order valence-electron chi connectivity index (χ2n) is 8.16. The van der Waals surface area contributed by atoms with Crippen molar-refractivity contribution >= 4 is 23.7 Å². The molecule has 1 saturated heterocycles. The molecule has 2 heterocycles. The summed E-state index contributed by atoms with van der Waals surface area (Å²) in [6.07, 6.45) is 4.38. The molecule has 0 radical (unpaired) electrons. The molecule has 3 amide bonds. The Morgan fingerprint density at radius 1 is 0.848 bits per heavy atom. The van der Waals surface area contributed by atoms with Gasteiger partial charge in [0.05, 0.1) is 12.6 Å². The summed E-state index contributed by atoms with van der Waals surface area (Å²) in [4.78, 5) is 54.1. The van der Waals surface area contributed by atoms with Crippen molar-refractivity contribution in [1.29, 1.82) is 0 Å². The zero-order valence-corrected chi connectivity index (χ0v) is 18.0. The lowest BCUT2D eigenvalue weighted by Crippen LogP contribution is -2.66. The van der Waals surface area contributed by atoms with Gasteiger partial charge in [0.2, 0.25) is 5.91 Å². The number of benzene rings is 2. The maximum Gasteiger partial charge on any atom is 0.328 e. The minimum Gasteiger partial charge on any atom is -0.480 e. The highest BCUT2D eigenvalue weighted by molar-refractivity contribution is 5.99. The molecule has 33 heavy (non-hydrogen) atoms. The van der Waals surface area contributed by atoms with E-state index in [2.05, 4.69) is 5.32 Å². The molecule has 3 atom stereocenters. The molecule has 0 aliphatic carbocycles. The molecule has 170 valence electrons. The molecule has 0 aromatic heterocycles. The number of aliphatic carboxylic acids is 1. The van der Waals surface area contributed by atoms with E-state index >= 15 is 0 Å². The van der Waals surface area contributed by atoms with Crippen LogP contribution in [0.5, 0.6) is 0 Å². The van der Waals surface area contributed by atoms with E-state index < -0.39 is 35.9 Å². The van der Waals surface area contributed by atoms with Crippen LogP contribution in [0.1, 0.15) is 33.6 Å². The smallest absolute Gasteiger partial charge is 0.328 e. The Morgan fingerprint density at radius 3 is 2.09 bits per heavy atom. The van der Waals surface area contributed by atoms with E-state index in [1.807, 2.05) is 12.2 Å². The van der Waals surface area contributed by atoms with E-state index in [-0.39, 0.29) is 25.4 Å². The predicted molar refractivity (Wildman–Crippen MR) is 120 cm³/mol. The fourth-order valence-corrected chi connectivity index (χ4v) is 4.33. The summed E-state index contributed by atoms with van der Waals surface area (Å²) in [5.41, 5.74) is 0.886. The lowest BCUT2D eigenvalue weighted by Gasteiger charge is -2.46. The average Bonchev–Trinajstić information content (AvgIpc) is 2.84. The number of hydrogen-bond donors (Lipinski definition) is 2. The fraction of sp³-hybridized carbons (Fsp3) is 0.280. The summed E-state index contributed by atoms with van der Waals surface area (Å²) in [5, 5.41) is 12.7. The quantitative estimate of drug-likeness (QED) is 0.697. The highest BCUT2D eigenvalue weighted by atomic mass is 16.4. The molecule has 2 aromatic carbocycles. The van der Waals surface area contributed by atoms with Crippen LogP contribution in [0.3, 0.4) is 0 Å². The lowest BCUT2D eigenvalue weighted by atomic mass is 9.96. The SMILES string of the molecule is O=C(N[C@H]1C/C=C\C[C@H]2CN(C(=O)c3ccccc3)C[C@@H](C(=O)O)N2C1=O)c1ccccc1. The van der Waals surface area contributed by atoms with Crippen molar-refractivity contribution in [1.82, 2.24) is 15.1 Å². The van der Waals surface area contributed by atoms with Gasteiger partial charge in [0, 0.05) is 17.7 Å². The molecule has 2 aliphatic heterocycles. The molecule has 8 heteroatoms. The number of nitrogens with zero attached hydrogens (tertiary/aromatic N) is 2. The number of hydrogen-bond acceptors (Lipinski definition) is 4. The average molecular weight is 447 g/mol. The van der Waals surface area contributed by atoms with E-state index in [1.54, 1.807) is 60.7 Å². The largest absolute Gasteiger partial charge is 0.480 e. The monoisotopic (exact) mass is 447 g/mol. The lowest BCUT2D eigenvalue weighted by molar-refractivity contribution is -0.157. The van der Waals surface area contributed by atoms with Crippen LogP contribution in [0.15, 0.2) is 72.8 Å². The number of nitrogens with one attached hydrogen (secondary N) is 1. The van der Waals surface area contributed by atoms with Crippen LogP contribution in [0.2, 0.25) is 0 Å². The number of amides is 3. The van der Waals surface area contributed by atoms with Gasteiger partial charge in [-0.05, 0) is 37.1 Å². The number of carbonyl (C=O) groups is 4. The molecule has 8 nitrogen and oxygen atoms in total. The molecule has 2 N–H and O–H groups in total. The first-order valence-electron chi connectivity index (χ1n) is 10.9. The summed E-state index contributed by atoms with van der Waals surface area (Å²) < 4.78 is 0. The van der Waals surface area contributed by atoms with Crippen LogP contribution in [-0.4, -0.2) is 69.8 Å². The van der Waals surface area contributed by atoms with Gasteiger partial charge in [-0.1, -0.05) is 48.6 Å². The molecular formula is C25H25N3O5. The van der Waals surface area contributed by atoms with Crippen molar-refractivity contribution in [3.05, 3.63) is 83.9 Å². The van der Waals surface area contributed by atoms with Gasteiger partial charge in [-0.2, -0.15) is 0 Å². The molecule has 0 spiro atoms. The van der Waals surface area contributed by atoms with Crippen LogP contribution in [0.25, 0.3) is 0 Å². The zero-order valence-electron chi connectivity index (χ0n) is 18.0. The van der Waals surface area contributed by atoms with Gasteiger partial charge < -0.3 is 20.2 Å². The van der Waals surface area contributed by atoms with Gasteiger partial charge in [0.15, 0.2) is 0 Å². The second-order valence-corrected chi connectivity index (χ2v) is 8.16. The molecule has 2 aromatic rings. The number of carbonyl (C=O) groups excluding carboxylic acids is 3. The van der Waals surface area contributed by atoms with Crippen molar-refractivity contribution in [3.8, 4) is 0 Å². The fourth-order valence-electron chi connectivity index (χ4n) is 4.33. The van der Waals surface area contributed by atoms with Gasteiger partial charge in [-0.25, -0.2) is 4.79 Å². The van der Waals surface area contributed by atoms with Gasteiger partial charge in [-0.3, -0.25) is 14.4 Å². The summed E-state index contributed by atoms with van der Waals surface area (Å²) >= 11 is 0. The molecule has 0 bridgehead atoms. The van der Waals surface area contributed by atoms with Crippen molar-refractivity contribution in [3.63, 3.8) is 0 Å². The Balaban J connectivity index is 1.58. The molecule has 0 saturated carbocycles. The second kappa shape index (κ2) is 9.68. The van der Waals surface area contributed by atoms with E-state index in [0.717, 1.165) is 0 Å². The highest BCUT2D eigenvalue weighted by Gasteiger charge is 2.44. The van der Waals surface area contributed by atoms with Crippen LogP contribution in [0.4, 0.5) is 0 Å². The van der Waals surface area contributed by atoms with Crippen molar-refractivity contribution < 1.29 is 24.3 Å². The van der Waals surface area contributed by atoms with E-state index in [9.17, 15) is 24.3 Å². The normalized spacial score (nSPS) is 23.6. The Morgan fingerprint density at radius 2 is 1.45 bits per heavy atom. The van der Waals surface area contributed by atoms with Crippen molar-refractivity contribution in [2.24, 2.45) is 0 Å². The standard InChI is InChI=1S/C25H25N3O5/c29-22(17-9-3-1-4-10-17)26-20-14-8-7-13-19-15-27(23(30)18-11-5-2-6-12-18)16-21(25(32)33)28(19)24(20)31/h1-12,19-21H,13-16H2,(H,26,29)(H,32,33)/b8-7-/t19-,20-,21-/m0/s1. The Hall–Kier alpha value is -3.94. The predicted octanol–water partition coefficient (Wildman–Crippen LogP) is 1.94. The molecule has 1 fully saturated rings. The number of piperazine rings is 1. The first-order valence-corrected chi connectivity index (χ1v) is 10.9. The van der Waals surface area contributed by atoms with Crippen LogP contribution in [0, 0.1) is 0 Å². The molecular weight excluding hydrogens is 422 g/mol. The minimum atomic E-state index is -1.20. The summed E-state index contributed by atoms with van der Waals surface area (Å²) in [5.74, 6) is -2.30. The van der Waals surface area contributed by atoms with Gasteiger partial charge in [-0.15, -0.1) is 0 Å². The van der Waals surface area contributed by atoms with E-state index in [4.69, 9.17) is 0 Å². The molecule has 0 unspecified atom stereocenters. The van der Waals surface area contributed by atoms with Gasteiger partial charge >= 0.3 is 5.97 Å². The zero-order chi connectivity index (χ0) is 23.4. The number of rotatable bonds is 4. The van der Waals surface area contributed by atoms with Crippen molar-refractivity contribution in [2.45, 2.75) is 31.0 Å². The topological polar surface area (TPSA) is 107 Å². The summed E-state index contributed by atoms with van der Waals surface area (Å²) in [6.45, 7) is 0.0985. The highest BCUT2D eigenvalue weighted by Crippen LogP contribution is 2.24. The van der Waals surface area contributed by atoms with E-state index in [1.165, 1.54) is 9.80 Å².